The molecule has 1 heterocycles. The Hall–Kier alpha value is -0.870. The number of rotatable bonds is 8. The summed E-state index contributed by atoms with van der Waals surface area (Å²) in [7, 11) is 1.75. The summed E-state index contributed by atoms with van der Waals surface area (Å²) < 4.78 is 7.30. The normalized spacial score (nSPS) is 14.6. The van der Waals surface area contributed by atoms with Gasteiger partial charge in [-0.3, -0.25) is 4.68 Å². The first kappa shape index (κ1) is 16.2. The van der Waals surface area contributed by atoms with E-state index in [1.54, 1.807) is 7.11 Å². The van der Waals surface area contributed by atoms with Crippen LogP contribution in [0.25, 0.3) is 0 Å². The van der Waals surface area contributed by atoms with E-state index in [0.717, 1.165) is 31.7 Å². The molecule has 0 bridgehead atoms. The highest BCUT2D eigenvalue weighted by Crippen LogP contribution is 2.24. The number of nitrogens with zero attached hydrogens (tertiary/aromatic N) is 2. The predicted molar refractivity (Wildman–Crippen MR) is 79.6 cm³/mol. The van der Waals surface area contributed by atoms with Gasteiger partial charge in [0.15, 0.2) is 0 Å². The standard InChI is InChI=1S/C15H29N3O/c1-7-9-16-12(3)15-13(4)17-18(14(15)5)11(2)8-10-19-6/h11-12,16H,7-10H2,1-6H3. The van der Waals surface area contributed by atoms with Gasteiger partial charge in [-0.1, -0.05) is 6.92 Å². The van der Waals surface area contributed by atoms with Crippen molar-refractivity contribution in [3.63, 3.8) is 0 Å². The molecular formula is C15H29N3O. The van der Waals surface area contributed by atoms with Gasteiger partial charge in [0.1, 0.15) is 0 Å². The van der Waals surface area contributed by atoms with Crippen LogP contribution in [-0.2, 0) is 4.74 Å². The molecule has 2 unspecified atom stereocenters. The highest BCUT2D eigenvalue weighted by Gasteiger charge is 2.19. The van der Waals surface area contributed by atoms with Crippen molar-refractivity contribution in [2.24, 2.45) is 0 Å². The maximum absolute atomic E-state index is 5.16. The lowest BCUT2D eigenvalue weighted by atomic mass is 10.1. The molecule has 0 amide bonds. The van der Waals surface area contributed by atoms with E-state index < -0.39 is 0 Å². The molecule has 0 saturated carbocycles. The number of nitrogens with one attached hydrogen (secondary N) is 1. The maximum Gasteiger partial charge on any atom is 0.0644 e. The summed E-state index contributed by atoms with van der Waals surface area (Å²) >= 11 is 0. The Balaban J connectivity index is 2.87. The van der Waals surface area contributed by atoms with Crippen LogP contribution in [-0.4, -0.2) is 30.0 Å². The van der Waals surface area contributed by atoms with Crippen molar-refractivity contribution in [1.29, 1.82) is 0 Å². The Bertz CT molecular complexity index is 387. The van der Waals surface area contributed by atoms with Gasteiger partial charge in [0.2, 0.25) is 0 Å². The van der Waals surface area contributed by atoms with E-state index in [-0.39, 0.29) is 0 Å². The number of methoxy groups -OCH3 is 1. The summed E-state index contributed by atoms with van der Waals surface area (Å²) in [5.74, 6) is 0. The summed E-state index contributed by atoms with van der Waals surface area (Å²) in [6, 6.07) is 0.745. The molecule has 2 atom stereocenters. The molecule has 110 valence electrons. The van der Waals surface area contributed by atoms with Gasteiger partial charge >= 0.3 is 0 Å². The van der Waals surface area contributed by atoms with Gasteiger partial charge in [-0.25, -0.2) is 0 Å². The van der Waals surface area contributed by atoms with Gasteiger partial charge in [-0.2, -0.15) is 5.10 Å². The van der Waals surface area contributed by atoms with Gasteiger partial charge in [-0.15, -0.1) is 0 Å². The van der Waals surface area contributed by atoms with Crippen molar-refractivity contribution in [2.75, 3.05) is 20.3 Å². The fraction of sp³-hybridized carbons (Fsp3) is 0.800. The average Bonchev–Trinajstić information content (AvgIpc) is 2.68. The largest absolute Gasteiger partial charge is 0.385 e. The summed E-state index contributed by atoms with van der Waals surface area (Å²) in [6.07, 6.45) is 2.15. The monoisotopic (exact) mass is 267 g/mol. The Morgan fingerprint density at radius 2 is 2.00 bits per heavy atom. The van der Waals surface area contributed by atoms with Crippen LogP contribution in [0.5, 0.6) is 0 Å². The number of aromatic nitrogens is 2. The molecule has 4 heteroatoms. The first-order valence-corrected chi connectivity index (χ1v) is 7.30. The van der Waals surface area contributed by atoms with E-state index >= 15 is 0 Å². The van der Waals surface area contributed by atoms with Crippen LogP contribution in [0.15, 0.2) is 0 Å². The minimum Gasteiger partial charge on any atom is -0.385 e. The highest BCUT2D eigenvalue weighted by molar-refractivity contribution is 5.28. The van der Waals surface area contributed by atoms with Gasteiger partial charge in [0.25, 0.3) is 0 Å². The van der Waals surface area contributed by atoms with E-state index in [1.807, 2.05) is 0 Å². The van der Waals surface area contributed by atoms with E-state index in [0.29, 0.717) is 12.1 Å². The summed E-state index contributed by atoms with van der Waals surface area (Å²) in [4.78, 5) is 0. The molecule has 1 rings (SSSR count). The minimum absolute atomic E-state index is 0.364. The molecule has 4 nitrogen and oxygen atoms in total. The van der Waals surface area contributed by atoms with Crippen LogP contribution < -0.4 is 5.32 Å². The van der Waals surface area contributed by atoms with Crippen LogP contribution in [0.2, 0.25) is 0 Å². The predicted octanol–water partition coefficient (Wildman–Crippen LogP) is 3.16. The van der Waals surface area contributed by atoms with Gasteiger partial charge in [-0.05, 0) is 47.1 Å². The molecule has 0 aliphatic heterocycles. The lowest BCUT2D eigenvalue weighted by Gasteiger charge is -2.16. The zero-order chi connectivity index (χ0) is 14.4. The quantitative estimate of drug-likeness (QED) is 0.786. The smallest absolute Gasteiger partial charge is 0.0644 e. The van der Waals surface area contributed by atoms with Crippen molar-refractivity contribution >= 4 is 0 Å². The molecule has 1 aromatic heterocycles. The molecule has 0 radical (unpaired) electrons. The molecule has 0 aromatic carbocycles. The fourth-order valence-corrected chi connectivity index (χ4v) is 2.61. The second kappa shape index (κ2) is 7.65. The number of ether oxygens (including phenoxy) is 1. The third-order valence-corrected chi connectivity index (χ3v) is 3.67. The number of hydrogen-bond acceptors (Lipinski definition) is 3. The lowest BCUT2D eigenvalue weighted by Crippen LogP contribution is -2.20. The summed E-state index contributed by atoms with van der Waals surface area (Å²) in [5, 5.41) is 8.26. The topological polar surface area (TPSA) is 39.1 Å². The first-order chi connectivity index (χ1) is 9.02. The second-order valence-electron chi connectivity index (χ2n) is 5.34. The van der Waals surface area contributed by atoms with E-state index in [2.05, 4.69) is 44.6 Å². The molecule has 19 heavy (non-hydrogen) atoms. The highest BCUT2D eigenvalue weighted by atomic mass is 16.5. The second-order valence-corrected chi connectivity index (χ2v) is 5.34. The maximum atomic E-state index is 5.16. The summed E-state index contributed by atoms with van der Waals surface area (Å²) in [6.45, 7) is 12.7. The minimum atomic E-state index is 0.364. The molecule has 0 fully saturated rings. The Morgan fingerprint density at radius 1 is 1.32 bits per heavy atom. The Morgan fingerprint density at radius 3 is 2.58 bits per heavy atom. The SMILES string of the molecule is CCCNC(C)c1c(C)nn(C(C)CCOC)c1C. The molecule has 0 aliphatic rings. The van der Waals surface area contributed by atoms with E-state index in [1.165, 1.54) is 11.3 Å². The molecule has 1 aromatic rings. The zero-order valence-electron chi connectivity index (χ0n) is 13.3. The molecule has 0 saturated heterocycles. The number of aryl methyl sites for hydroxylation is 1. The van der Waals surface area contributed by atoms with Crippen molar-refractivity contribution < 1.29 is 4.74 Å². The van der Waals surface area contributed by atoms with E-state index in [4.69, 9.17) is 9.84 Å². The Kier molecular flexibility index (Phi) is 6.52. The summed E-state index contributed by atoms with van der Waals surface area (Å²) in [5.41, 5.74) is 3.76. The van der Waals surface area contributed by atoms with Crippen molar-refractivity contribution in [1.82, 2.24) is 15.1 Å². The first-order valence-electron chi connectivity index (χ1n) is 7.30. The zero-order valence-corrected chi connectivity index (χ0v) is 13.3. The number of hydrogen-bond donors (Lipinski definition) is 1. The van der Waals surface area contributed by atoms with Crippen LogP contribution in [0.1, 0.15) is 62.6 Å². The molecule has 0 aliphatic carbocycles. The van der Waals surface area contributed by atoms with Gasteiger partial charge in [0.05, 0.1) is 11.7 Å². The van der Waals surface area contributed by atoms with Gasteiger partial charge < -0.3 is 10.1 Å². The van der Waals surface area contributed by atoms with Crippen LogP contribution in [0.3, 0.4) is 0 Å². The third-order valence-electron chi connectivity index (χ3n) is 3.67. The van der Waals surface area contributed by atoms with E-state index in [9.17, 15) is 0 Å². The van der Waals surface area contributed by atoms with Crippen LogP contribution >= 0.6 is 0 Å². The molecule has 1 N–H and O–H groups in total. The van der Waals surface area contributed by atoms with Crippen molar-refractivity contribution in [3.8, 4) is 0 Å². The molecular weight excluding hydrogens is 238 g/mol. The Labute approximate surface area is 117 Å². The molecule has 0 spiro atoms. The van der Waals surface area contributed by atoms with Crippen molar-refractivity contribution in [2.45, 2.75) is 59.5 Å². The fourth-order valence-electron chi connectivity index (χ4n) is 2.61. The average molecular weight is 267 g/mol. The van der Waals surface area contributed by atoms with Crippen LogP contribution in [0.4, 0.5) is 0 Å². The third kappa shape index (κ3) is 4.05. The van der Waals surface area contributed by atoms with Crippen molar-refractivity contribution in [3.05, 3.63) is 17.0 Å². The van der Waals surface area contributed by atoms with Crippen LogP contribution in [0, 0.1) is 13.8 Å². The lowest BCUT2D eigenvalue weighted by molar-refractivity contribution is 0.178. The van der Waals surface area contributed by atoms with Gasteiger partial charge in [0, 0.05) is 31.0 Å².